The van der Waals surface area contributed by atoms with E-state index in [4.69, 9.17) is 0 Å². The summed E-state index contributed by atoms with van der Waals surface area (Å²) in [5.74, 6) is 0.497. The fraction of sp³-hybridized carbons (Fsp3) is 0.833. The van der Waals surface area contributed by atoms with Crippen LogP contribution in [0.1, 0.15) is 32.1 Å². The summed E-state index contributed by atoms with van der Waals surface area (Å²) in [6.07, 6.45) is 5.47. The van der Waals surface area contributed by atoms with Crippen molar-refractivity contribution in [2.75, 3.05) is 20.6 Å². The lowest BCUT2D eigenvalue weighted by molar-refractivity contribution is -0.864. The lowest BCUT2D eigenvalue weighted by Gasteiger charge is -2.50. The number of hydrogen-bond acceptors (Lipinski definition) is 1. The molecule has 2 heteroatoms. The summed E-state index contributed by atoms with van der Waals surface area (Å²) >= 11 is 0. The van der Waals surface area contributed by atoms with Crippen LogP contribution in [0.3, 0.4) is 0 Å². The first-order valence-corrected chi connectivity index (χ1v) is 5.68. The molecule has 80 valence electrons. The van der Waals surface area contributed by atoms with Gasteiger partial charge in [0.25, 0.3) is 0 Å². The largest absolute Gasteiger partial charge is 0.389 e. The molecule has 1 heterocycles. The SMILES string of the molecule is C=C1C[C@@]2(O)CCCC[C@@H]2C[N+]1(C)C. The molecule has 2 aliphatic rings. The number of rotatable bonds is 0. The molecule has 2 fully saturated rings. The van der Waals surface area contributed by atoms with Crippen molar-refractivity contribution in [3.05, 3.63) is 12.3 Å². The number of aliphatic hydroxyl groups is 1. The van der Waals surface area contributed by atoms with Gasteiger partial charge in [-0.1, -0.05) is 12.8 Å². The van der Waals surface area contributed by atoms with Crippen LogP contribution in [-0.4, -0.2) is 35.8 Å². The third kappa shape index (κ3) is 1.51. The molecule has 1 saturated heterocycles. The molecule has 0 aromatic carbocycles. The number of fused-ring (bicyclic) bond motifs is 1. The second kappa shape index (κ2) is 3.07. The van der Waals surface area contributed by atoms with E-state index < -0.39 is 5.60 Å². The molecule has 0 unspecified atom stereocenters. The van der Waals surface area contributed by atoms with E-state index in [-0.39, 0.29) is 0 Å². The van der Waals surface area contributed by atoms with E-state index in [1.807, 2.05) is 0 Å². The molecule has 2 rings (SSSR count). The van der Waals surface area contributed by atoms with E-state index in [1.54, 1.807) is 0 Å². The number of likely N-dealkylation sites (tertiary alicyclic amines) is 1. The van der Waals surface area contributed by atoms with Crippen LogP contribution in [0.4, 0.5) is 0 Å². The lowest BCUT2D eigenvalue weighted by Crippen LogP contribution is -2.57. The first kappa shape index (κ1) is 10.2. The molecule has 1 aliphatic carbocycles. The van der Waals surface area contributed by atoms with Gasteiger partial charge in [-0.05, 0) is 19.4 Å². The van der Waals surface area contributed by atoms with Crippen molar-refractivity contribution in [2.45, 2.75) is 37.7 Å². The van der Waals surface area contributed by atoms with Crippen LogP contribution in [0.2, 0.25) is 0 Å². The molecular formula is C12H22NO+. The maximum absolute atomic E-state index is 10.5. The third-order valence-corrected chi connectivity index (χ3v) is 4.22. The van der Waals surface area contributed by atoms with Crippen molar-refractivity contribution in [1.29, 1.82) is 0 Å². The van der Waals surface area contributed by atoms with Crippen molar-refractivity contribution < 1.29 is 9.59 Å². The maximum atomic E-state index is 10.5. The summed E-state index contributed by atoms with van der Waals surface area (Å²) < 4.78 is 0.896. The van der Waals surface area contributed by atoms with Crippen molar-refractivity contribution in [3.63, 3.8) is 0 Å². The van der Waals surface area contributed by atoms with Crippen LogP contribution in [0, 0.1) is 5.92 Å². The van der Waals surface area contributed by atoms with Crippen molar-refractivity contribution >= 4 is 0 Å². The second-order valence-corrected chi connectivity index (χ2v) is 5.66. The molecular weight excluding hydrogens is 174 g/mol. The van der Waals surface area contributed by atoms with Gasteiger partial charge in [-0.15, -0.1) is 0 Å². The van der Waals surface area contributed by atoms with Gasteiger partial charge >= 0.3 is 0 Å². The van der Waals surface area contributed by atoms with Gasteiger partial charge < -0.3 is 5.11 Å². The fourth-order valence-electron chi connectivity index (χ4n) is 3.04. The van der Waals surface area contributed by atoms with Crippen molar-refractivity contribution in [1.82, 2.24) is 0 Å². The zero-order valence-corrected chi connectivity index (χ0v) is 9.42. The molecule has 0 spiro atoms. The zero-order chi connectivity index (χ0) is 10.4. The Morgan fingerprint density at radius 3 is 2.86 bits per heavy atom. The van der Waals surface area contributed by atoms with Gasteiger partial charge in [0.05, 0.1) is 32.7 Å². The average Bonchev–Trinajstić information content (AvgIpc) is 2.07. The molecule has 2 atom stereocenters. The summed E-state index contributed by atoms with van der Waals surface area (Å²) in [4.78, 5) is 0. The minimum Gasteiger partial charge on any atom is -0.389 e. The van der Waals surface area contributed by atoms with E-state index in [2.05, 4.69) is 20.7 Å². The average molecular weight is 196 g/mol. The zero-order valence-electron chi connectivity index (χ0n) is 9.42. The van der Waals surface area contributed by atoms with Crippen LogP contribution in [0.5, 0.6) is 0 Å². The molecule has 0 radical (unpaired) electrons. The third-order valence-electron chi connectivity index (χ3n) is 4.22. The quantitative estimate of drug-likeness (QED) is 0.587. The molecule has 1 N–H and O–H groups in total. The minimum atomic E-state index is -0.414. The Bertz CT molecular complexity index is 259. The predicted octanol–water partition coefficient (Wildman–Crippen LogP) is 1.90. The van der Waals surface area contributed by atoms with Gasteiger partial charge in [0.15, 0.2) is 0 Å². The molecule has 0 amide bonds. The minimum absolute atomic E-state index is 0.414. The van der Waals surface area contributed by atoms with Gasteiger partial charge in [0.1, 0.15) is 5.70 Å². The highest BCUT2D eigenvalue weighted by Gasteiger charge is 2.48. The first-order chi connectivity index (χ1) is 6.44. The highest BCUT2D eigenvalue weighted by molar-refractivity contribution is 5.03. The molecule has 2 nitrogen and oxygen atoms in total. The molecule has 1 aliphatic heterocycles. The van der Waals surface area contributed by atoms with E-state index in [0.29, 0.717) is 5.92 Å². The Kier molecular flexibility index (Phi) is 2.24. The van der Waals surface area contributed by atoms with Crippen LogP contribution in [0.25, 0.3) is 0 Å². The van der Waals surface area contributed by atoms with E-state index in [9.17, 15) is 5.11 Å². The molecule has 0 bridgehead atoms. The lowest BCUT2D eigenvalue weighted by atomic mass is 9.70. The van der Waals surface area contributed by atoms with Gasteiger partial charge in [-0.2, -0.15) is 0 Å². The molecule has 14 heavy (non-hydrogen) atoms. The molecule has 0 aromatic heterocycles. The number of piperidine rings is 1. The Hall–Kier alpha value is -0.340. The Morgan fingerprint density at radius 2 is 2.14 bits per heavy atom. The van der Waals surface area contributed by atoms with Crippen LogP contribution in [-0.2, 0) is 0 Å². The molecule has 1 saturated carbocycles. The second-order valence-electron chi connectivity index (χ2n) is 5.66. The number of quaternary nitrogens is 1. The molecule has 0 aromatic rings. The Balaban J connectivity index is 2.21. The number of hydrogen-bond donors (Lipinski definition) is 1. The maximum Gasteiger partial charge on any atom is 0.104 e. The van der Waals surface area contributed by atoms with Gasteiger partial charge in [0, 0.05) is 5.92 Å². The van der Waals surface area contributed by atoms with Crippen molar-refractivity contribution in [2.24, 2.45) is 5.92 Å². The highest BCUT2D eigenvalue weighted by Crippen LogP contribution is 2.44. The predicted molar refractivity (Wildman–Crippen MR) is 57.6 cm³/mol. The smallest absolute Gasteiger partial charge is 0.104 e. The van der Waals surface area contributed by atoms with E-state index in [1.165, 1.54) is 25.0 Å². The van der Waals surface area contributed by atoms with Crippen LogP contribution >= 0.6 is 0 Å². The van der Waals surface area contributed by atoms with Crippen LogP contribution in [0.15, 0.2) is 12.3 Å². The Morgan fingerprint density at radius 1 is 1.43 bits per heavy atom. The standard InChI is InChI=1S/C12H22NO/c1-10-8-12(14)7-5-4-6-11(12)9-13(10,2)3/h11,14H,1,4-9H2,2-3H3/q+1/t11-,12+/m1/s1. The highest BCUT2D eigenvalue weighted by atomic mass is 16.3. The first-order valence-electron chi connectivity index (χ1n) is 5.68. The topological polar surface area (TPSA) is 20.2 Å². The monoisotopic (exact) mass is 196 g/mol. The summed E-state index contributed by atoms with van der Waals surface area (Å²) in [6, 6.07) is 0. The van der Waals surface area contributed by atoms with Gasteiger partial charge in [0.2, 0.25) is 0 Å². The van der Waals surface area contributed by atoms with Gasteiger partial charge in [-0.25, -0.2) is 0 Å². The summed E-state index contributed by atoms with van der Waals surface area (Å²) in [6.45, 7) is 5.18. The number of nitrogens with zero attached hydrogens (tertiary/aromatic N) is 1. The summed E-state index contributed by atoms with van der Waals surface area (Å²) in [5.41, 5.74) is 0.772. The van der Waals surface area contributed by atoms with E-state index >= 15 is 0 Å². The van der Waals surface area contributed by atoms with E-state index in [0.717, 1.165) is 23.9 Å². The van der Waals surface area contributed by atoms with Crippen LogP contribution < -0.4 is 0 Å². The Labute approximate surface area is 86.8 Å². The van der Waals surface area contributed by atoms with Gasteiger partial charge in [-0.3, -0.25) is 4.48 Å². The summed E-state index contributed by atoms with van der Waals surface area (Å²) in [5, 5.41) is 10.5. The normalized spacial score (nSPS) is 41.9. The van der Waals surface area contributed by atoms with Crippen molar-refractivity contribution in [3.8, 4) is 0 Å². The fourth-order valence-corrected chi connectivity index (χ4v) is 3.04. The summed E-state index contributed by atoms with van der Waals surface area (Å²) in [7, 11) is 4.41.